The van der Waals surface area contributed by atoms with Gasteiger partial charge in [-0.05, 0) is 57.0 Å². The highest BCUT2D eigenvalue weighted by atomic mass is 35.5. The second kappa shape index (κ2) is 7.37. The molecule has 0 aliphatic heterocycles. The van der Waals surface area contributed by atoms with Crippen LogP contribution in [0.1, 0.15) is 36.8 Å². The molecule has 4 nitrogen and oxygen atoms in total. The first-order valence-electron chi connectivity index (χ1n) is 7.42. The number of nitrogens with zero attached hydrogens (tertiary/aromatic N) is 1. The lowest BCUT2D eigenvalue weighted by molar-refractivity contribution is 0.102. The molecule has 0 spiro atoms. The van der Waals surface area contributed by atoms with E-state index in [1.165, 1.54) is 13.3 Å². The number of hydrogen-bond donors (Lipinski definition) is 1. The summed E-state index contributed by atoms with van der Waals surface area (Å²) in [6.45, 7) is 6.09. The largest absolute Gasteiger partial charge is 0.495 e. The van der Waals surface area contributed by atoms with E-state index in [-0.39, 0.29) is 11.3 Å². The van der Waals surface area contributed by atoms with Crippen LogP contribution in [0, 0.1) is 17.3 Å². The van der Waals surface area contributed by atoms with Gasteiger partial charge >= 0.3 is 0 Å². The monoisotopic (exact) mass is 342 g/mol. The molecule has 2 aromatic rings. The number of anilines is 1. The van der Waals surface area contributed by atoms with Crippen LogP contribution < -0.4 is 10.1 Å². The number of pyridine rings is 1. The molecule has 1 amide bonds. The SMILES string of the molecule is COc1ccc(NC(=O)c2ccc(C#CC(C)(C)C)nc2)cc1Cl. The van der Waals surface area contributed by atoms with Gasteiger partial charge in [0.05, 0.1) is 17.7 Å². The minimum Gasteiger partial charge on any atom is -0.495 e. The highest BCUT2D eigenvalue weighted by Crippen LogP contribution is 2.27. The van der Waals surface area contributed by atoms with E-state index in [1.54, 1.807) is 30.3 Å². The van der Waals surface area contributed by atoms with Crippen molar-refractivity contribution in [3.63, 3.8) is 0 Å². The Labute approximate surface area is 147 Å². The fraction of sp³-hybridized carbons (Fsp3) is 0.263. The third kappa shape index (κ3) is 5.00. The second-order valence-electron chi connectivity index (χ2n) is 6.24. The lowest BCUT2D eigenvalue weighted by Crippen LogP contribution is -2.12. The Morgan fingerprint density at radius 2 is 2.00 bits per heavy atom. The Morgan fingerprint density at radius 3 is 2.54 bits per heavy atom. The van der Waals surface area contributed by atoms with E-state index in [9.17, 15) is 4.79 Å². The summed E-state index contributed by atoms with van der Waals surface area (Å²) in [5, 5.41) is 3.20. The Kier molecular flexibility index (Phi) is 5.48. The summed E-state index contributed by atoms with van der Waals surface area (Å²) in [5.41, 5.74) is 1.57. The van der Waals surface area contributed by atoms with E-state index in [0.29, 0.717) is 27.7 Å². The van der Waals surface area contributed by atoms with Crippen molar-refractivity contribution in [1.29, 1.82) is 0 Å². The molecule has 0 atom stereocenters. The maximum atomic E-state index is 12.2. The summed E-state index contributed by atoms with van der Waals surface area (Å²) in [4.78, 5) is 16.5. The fourth-order valence-electron chi connectivity index (χ4n) is 1.80. The minimum absolute atomic E-state index is 0.0919. The number of ether oxygens (including phenoxy) is 1. The molecule has 0 aliphatic carbocycles. The van der Waals surface area contributed by atoms with Crippen LogP contribution in [0.5, 0.6) is 5.75 Å². The number of nitrogens with one attached hydrogen (secondary N) is 1. The van der Waals surface area contributed by atoms with E-state index in [1.807, 2.05) is 20.8 Å². The summed E-state index contributed by atoms with van der Waals surface area (Å²) in [7, 11) is 1.54. The van der Waals surface area contributed by atoms with Gasteiger partial charge in [0.1, 0.15) is 11.4 Å². The van der Waals surface area contributed by atoms with Crippen molar-refractivity contribution >= 4 is 23.2 Å². The van der Waals surface area contributed by atoms with Crippen molar-refractivity contribution < 1.29 is 9.53 Å². The number of aromatic nitrogens is 1. The van der Waals surface area contributed by atoms with Crippen LogP contribution in [-0.2, 0) is 0 Å². The molecule has 24 heavy (non-hydrogen) atoms. The van der Waals surface area contributed by atoms with Gasteiger partial charge < -0.3 is 10.1 Å². The van der Waals surface area contributed by atoms with Gasteiger partial charge in [0, 0.05) is 17.3 Å². The Hall–Kier alpha value is -2.51. The van der Waals surface area contributed by atoms with E-state index < -0.39 is 0 Å². The lowest BCUT2D eigenvalue weighted by atomic mass is 9.98. The Balaban J connectivity index is 2.10. The van der Waals surface area contributed by atoms with Gasteiger partial charge in [-0.25, -0.2) is 4.98 Å². The maximum Gasteiger partial charge on any atom is 0.257 e. The standard InChI is InChI=1S/C19H19ClN2O2/c1-19(2,3)10-9-14-6-5-13(12-21-14)18(23)22-15-7-8-17(24-4)16(20)11-15/h5-8,11-12H,1-4H3,(H,22,23). The van der Waals surface area contributed by atoms with Gasteiger partial charge in [0.25, 0.3) is 5.91 Å². The topological polar surface area (TPSA) is 51.2 Å². The Morgan fingerprint density at radius 1 is 1.25 bits per heavy atom. The predicted molar refractivity (Wildman–Crippen MR) is 96.5 cm³/mol. The molecule has 124 valence electrons. The number of benzene rings is 1. The van der Waals surface area contributed by atoms with E-state index >= 15 is 0 Å². The van der Waals surface area contributed by atoms with Gasteiger partial charge in [-0.2, -0.15) is 0 Å². The zero-order valence-corrected chi connectivity index (χ0v) is 14.9. The van der Waals surface area contributed by atoms with E-state index in [0.717, 1.165) is 0 Å². The van der Waals surface area contributed by atoms with E-state index in [4.69, 9.17) is 16.3 Å². The zero-order valence-electron chi connectivity index (χ0n) is 14.1. The smallest absolute Gasteiger partial charge is 0.257 e. The quantitative estimate of drug-likeness (QED) is 0.841. The van der Waals surface area contributed by atoms with Crippen LogP contribution in [0.25, 0.3) is 0 Å². The Bertz CT molecular complexity index is 797. The first-order chi connectivity index (χ1) is 11.3. The molecule has 0 radical (unpaired) electrons. The van der Waals surface area contributed by atoms with E-state index in [2.05, 4.69) is 22.1 Å². The molecule has 5 heteroatoms. The fourth-order valence-corrected chi connectivity index (χ4v) is 2.06. The van der Waals surface area contributed by atoms with Crippen molar-refractivity contribution in [2.45, 2.75) is 20.8 Å². The molecular weight excluding hydrogens is 324 g/mol. The van der Waals surface area contributed by atoms with Crippen molar-refractivity contribution in [1.82, 2.24) is 4.98 Å². The van der Waals surface area contributed by atoms with Crippen LogP contribution in [0.4, 0.5) is 5.69 Å². The third-order valence-corrected chi connectivity index (χ3v) is 3.30. The highest BCUT2D eigenvalue weighted by molar-refractivity contribution is 6.32. The number of methoxy groups -OCH3 is 1. The number of carbonyl (C=O) groups is 1. The summed E-state index contributed by atoms with van der Waals surface area (Å²) in [5.74, 6) is 6.39. The van der Waals surface area contributed by atoms with Crippen LogP contribution >= 0.6 is 11.6 Å². The van der Waals surface area contributed by atoms with Gasteiger partial charge in [0.15, 0.2) is 0 Å². The molecule has 1 N–H and O–H groups in total. The molecule has 0 bridgehead atoms. The summed E-state index contributed by atoms with van der Waals surface area (Å²) >= 11 is 6.05. The molecule has 0 aliphatic rings. The molecule has 1 aromatic heterocycles. The van der Waals surface area contributed by atoms with Crippen LogP contribution in [0.15, 0.2) is 36.5 Å². The molecule has 0 saturated carbocycles. The van der Waals surface area contributed by atoms with Crippen molar-refractivity contribution in [2.24, 2.45) is 5.41 Å². The third-order valence-electron chi connectivity index (χ3n) is 3.00. The molecule has 0 saturated heterocycles. The second-order valence-corrected chi connectivity index (χ2v) is 6.64. The van der Waals surface area contributed by atoms with Crippen LogP contribution in [0.3, 0.4) is 0 Å². The number of halogens is 1. The minimum atomic E-state index is -0.265. The van der Waals surface area contributed by atoms with Crippen molar-refractivity contribution in [3.05, 3.63) is 52.8 Å². The highest BCUT2D eigenvalue weighted by Gasteiger charge is 2.09. The molecule has 1 aromatic carbocycles. The molecule has 1 heterocycles. The summed E-state index contributed by atoms with van der Waals surface area (Å²) in [6, 6.07) is 8.48. The van der Waals surface area contributed by atoms with Crippen molar-refractivity contribution in [2.75, 3.05) is 12.4 Å². The number of amides is 1. The van der Waals surface area contributed by atoms with Crippen LogP contribution in [0.2, 0.25) is 5.02 Å². The zero-order chi connectivity index (χ0) is 17.7. The van der Waals surface area contributed by atoms with Gasteiger partial charge in [-0.15, -0.1) is 0 Å². The van der Waals surface area contributed by atoms with Gasteiger partial charge in [0.2, 0.25) is 0 Å². The average Bonchev–Trinajstić information content (AvgIpc) is 2.53. The predicted octanol–water partition coefficient (Wildman–Crippen LogP) is 4.39. The lowest BCUT2D eigenvalue weighted by Gasteiger charge is -2.08. The number of rotatable bonds is 3. The summed E-state index contributed by atoms with van der Waals surface area (Å²) < 4.78 is 5.08. The van der Waals surface area contributed by atoms with Crippen LogP contribution in [-0.4, -0.2) is 18.0 Å². The normalized spacial score (nSPS) is 10.5. The maximum absolute atomic E-state index is 12.2. The first-order valence-corrected chi connectivity index (χ1v) is 7.80. The molecule has 0 fully saturated rings. The van der Waals surface area contributed by atoms with Gasteiger partial charge in [-0.3, -0.25) is 4.79 Å². The average molecular weight is 343 g/mol. The number of carbonyl (C=O) groups excluding carboxylic acids is 1. The molecule has 2 rings (SSSR count). The van der Waals surface area contributed by atoms with Gasteiger partial charge in [-0.1, -0.05) is 17.5 Å². The molecule has 0 unspecified atom stereocenters. The molecular formula is C19H19ClN2O2. The van der Waals surface area contributed by atoms with Crippen molar-refractivity contribution in [3.8, 4) is 17.6 Å². The first kappa shape index (κ1) is 17.8. The number of hydrogen-bond acceptors (Lipinski definition) is 3. The summed E-state index contributed by atoms with van der Waals surface area (Å²) in [6.07, 6.45) is 1.51.